The van der Waals surface area contributed by atoms with Crippen LogP contribution in [0.4, 0.5) is 5.69 Å². The van der Waals surface area contributed by atoms with E-state index >= 15 is 0 Å². The Bertz CT molecular complexity index is 488. The van der Waals surface area contributed by atoms with Crippen molar-refractivity contribution in [2.45, 2.75) is 12.8 Å². The van der Waals surface area contributed by atoms with Gasteiger partial charge in [0.25, 0.3) is 0 Å². The summed E-state index contributed by atoms with van der Waals surface area (Å²) in [7, 11) is 2.15. The monoisotopic (exact) mass is 251 g/mol. The molecule has 2 aromatic carbocycles. The van der Waals surface area contributed by atoms with Crippen molar-refractivity contribution >= 4 is 11.8 Å². The third kappa shape index (κ3) is 4.63. The van der Waals surface area contributed by atoms with Crippen LogP contribution in [0.2, 0.25) is 0 Å². The molecule has 0 aromatic heterocycles. The van der Waals surface area contributed by atoms with Crippen LogP contribution in [0.15, 0.2) is 66.7 Å². The lowest BCUT2D eigenvalue weighted by atomic mass is 10.2. The summed E-state index contributed by atoms with van der Waals surface area (Å²) in [4.78, 5) is 2.30. The van der Waals surface area contributed by atoms with Crippen molar-refractivity contribution in [2.24, 2.45) is 0 Å². The van der Waals surface area contributed by atoms with Crippen molar-refractivity contribution in [3.63, 3.8) is 0 Å². The number of allylic oxidation sites excluding steroid dienone is 1. The van der Waals surface area contributed by atoms with E-state index in [1.807, 2.05) is 6.07 Å². The van der Waals surface area contributed by atoms with E-state index in [2.05, 4.69) is 78.7 Å². The minimum absolute atomic E-state index is 1.09. The Morgan fingerprint density at radius 3 is 2.21 bits per heavy atom. The summed E-state index contributed by atoms with van der Waals surface area (Å²) in [5.74, 6) is 0. The lowest BCUT2D eigenvalue weighted by molar-refractivity contribution is 0.802. The van der Waals surface area contributed by atoms with Crippen molar-refractivity contribution in [3.8, 4) is 0 Å². The van der Waals surface area contributed by atoms with Crippen molar-refractivity contribution in [1.82, 2.24) is 0 Å². The quantitative estimate of drug-likeness (QED) is 0.677. The molecule has 0 heterocycles. The highest BCUT2D eigenvalue weighted by Crippen LogP contribution is 2.12. The first kappa shape index (κ1) is 13.4. The first-order chi connectivity index (χ1) is 9.36. The third-order valence-electron chi connectivity index (χ3n) is 3.17. The highest BCUT2D eigenvalue weighted by atomic mass is 15.1. The van der Waals surface area contributed by atoms with Gasteiger partial charge in [0.05, 0.1) is 0 Å². The number of para-hydroxylation sites is 1. The SMILES string of the molecule is CN(CCCC=Cc1ccccc1)c1ccccc1. The fraction of sp³-hybridized carbons (Fsp3) is 0.222. The third-order valence-corrected chi connectivity index (χ3v) is 3.17. The predicted molar refractivity (Wildman–Crippen MR) is 84.4 cm³/mol. The highest BCUT2D eigenvalue weighted by Gasteiger charge is 1.97. The van der Waals surface area contributed by atoms with Crippen molar-refractivity contribution in [2.75, 3.05) is 18.5 Å². The molecule has 0 unspecified atom stereocenters. The maximum absolute atomic E-state index is 2.30. The van der Waals surface area contributed by atoms with Crippen LogP contribution in [-0.4, -0.2) is 13.6 Å². The van der Waals surface area contributed by atoms with Gasteiger partial charge in [0.1, 0.15) is 0 Å². The number of anilines is 1. The van der Waals surface area contributed by atoms with E-state index in [1.54, 1.807) is 0 Å². The molecule has 2 rings (SSSR count). The van der Waals surface area contributed by atoms with Gasteiger partial charge in [-0.25, -0.2) is 0 Å². The molecule has 0 bridgehead atoms. The Hall–Kier alpha value is -2.02. The number of unbranched alkanes of at least 4 members (excludes halogenated alkanes) is 1. The summed E-state index contributed by atoms with van der Waals surface area (Å²) in [6.07, 6.45) is 6.75. The Kier molecular flexibility index (Phi) is 5.24. The van der Waals surface area contributed by atoms with Gasteiger partial charge in [0, 0.05) is 19.3 Å². The summed E-state index contributed by atoms with van der Waals surface area (Å²) in [6, 6.07) is 21.0. The Balaban J connectivity index is 1.71. The first-order valence-electron chi connectivity index (χ1n) is 6.84. The van der Waals surface area contributed by atoms with Crippen molar-refractivity contribution in [3.05, 3.63) is 72.3 Å². The van der Waals surface area contributed by atoms with Gasteiger partial charge in [-0.1, -0.05) is 60.7 Å². The van der Waals surface area contributed by atoms with Crippen molar-refractivity contribution in [1.29, 1.82) is 0 Å². The molecule has 98 valence electrons. The minimum Gasteiger partial charge on any atom is -0.375 e. The van der Waals surface area contributed by atoms with Gasteiger partial charge < -0.3 is 4.90 Å². The molecule has 0 N–H and O–H groups in total. The number of benzene rings is 2. The maximum Gasteiger partial charge on any atom is 0.0363 e. The number of nitrogens with zero attached hydrogens (tertiary/aromatic N) is 1. The smallest absolute Gasteiger partial charge is 0.0363 e. The number of hydrogen-bond acceptors (Lipinski definition) is 1. The maximum atomic E-state index is 2.30. The van der Waals surface area contributed by atoms with E-state index in [4.69, 9.17) is 0 Å². The summed E-state index contributed by atoms with van der Waals surface area (Å²) < 4.78 is 0. The molecular formula is C18H21N. The summed E-state index contributed by atoms with van der Waals surface area (Å²) in [5.41, 5.74) is 2.56. The minimum atomic E-state index is 1.09. The van der Waals surface area contributed by atoms with Crippen LogP contribution in [0.3, 0.4) is 0 Å². The first-order valence-corrected chi connectivity index (χ1v) is 6.84. The van der Waals surface area contributed by atoms with Crippen LogP contribution < -0.4 is 4.90 Å². The molecule has 0 radical (unpaired) electrons. The second-order valence-corrected chi connectivity index (χ2v) is 4.71. The van der Waals surface area contributed by atoms with Gasteiger partial charge >= 0.3 is 0 Å². The summed E-state index contributed by atoms with van der Waals surface area (Å²) in [5, 5.41) is 0. The Labute approximate surface area is 116 Å². The van der Waals surface area contributed by atoms with Gasteiger partial charge in [0.2, 0.25) is 0 Å². The van der Waals surface area contributed by atoms with Crippen LogP contribution in [0.5, 0.6) is 0 Å². The van der Waals surface area contributed by atoms with Crippen LogP contribution >= 0.6 is 0 Å². The molecule has 0 aliphatic rings. The second-order valence-electron chi connectivity index (χ2n) is 4.71. The lowest BCUT2D eigenvalue weighted by Crippen LogP contribution is -2.17. The molecule has 0 aliphatic carbocycles. The van der Waals surface area contributed by atoms with Crippen LogP contribution in [0, 0.1) is 0 Å². The van der Waals surface area contributed by atoms with E-state index in [9.17, 15) is 0 Å². The molecule has 0 saturated heterocycles. The molecular weight excluding hydrogens is 230 g/mol. The van der Waals surface area contributed by atoms with E-state index in [0.717, 1.165) is 13.0 Å². The van der Waals surface area contributed by atoms with Crippen molar-refractivity contribution < 1.29 is 0 Å². The standard InChI is InChI=1S/C18H21N/c1-19(18-14-8-3-9-15-18)16-10-4-7-13-17-11-5-2-6-12-17/h2-3,5-9,11-15H,4,10,16H2,1H3. The molecule has 0 fully saturated rings. The van der Waals surface area contributed by atoms with Gasteiger partial charge in [-0.05, 0) is 30.5 Å². The molecule has 0 aliphatic heterocycles. The van der Waals surface area contributed by atoms with E-state index in [-0.39, 0.29) is 0 Å². The number of hydrogen-bond donors (Lipinski definition) is 0. The molecule has 1 heteroatoms. The zero-order valence-electron chi connectivity index (χ0n) is 11.5. The average Bonchev–Trinajstić information content (AvgIpc) is 2.49. The van der Waals surface area contributed by atoms with Gasteiger partial charge in [-0.2, -0.15) is 0 Å². The normalized spacial score (nSPS) is 10.8. The molecule has 0 spiro atoms. The fourth-order valence-corrected chi connectivity index (χ4v) is 2.04. The summed E-state index contributed by atoms with van der Waals surface area (Å²) >= 11 is 0. The molecule has 0 amide bonds. The molecule has 1 nitrogen and oxygen atoms in total. The topological polar surface area (TPSA) is 3.24 Å². The van der Waals surface area contributed by atoms with Crippen LogP contribution in [-0.2, 0) is 0 Å². The van der Waals surface area contributed by atoms with Gasteiger partial charge in [-0.3, -0.25) is 0 Å². The Morgan fingerprint density at radius 2 is 1.53 bits per heavy atom. The molecule has 19 heavy (non-hydrogen) atoms. The Morgan fingerprint density at radius 1 is 0.895 bits per heavy atom. The second kappa shape index (κ2) is 7.42. The van der Waals surface area contributed by atoms with E-state index in [0.29, 0.717) is 0 Å². The molecule has 2 aromatic rings. The lowest BCUT2D eigenvalue weighted by Gasteiger charge is -2.18. The average molecular weight is 251 g/mol. The molecule has 0 atom stereocenters. The largest absolute Gasteiger partial charge is 0.375 e. The van der Waals surface area contributed by atoms with Gasteiger partial charge in [0.15, 0.2) is 0 Å². The van der Waals surface area contributed by atoms with E-state index in [1.165, 1.54) is 17.7 Å². The molecule has 0 saturated carbocycles. The zero-order chi connectivity index (χ0) is 13.3. The van der Waals surface area contributed by atoms with E-state index < -0.39 is 0 Å². The fourth-order valence-electron chi connectivity index (χ4n) is 2.04. The summed E-state index contributed by atoms with van der Waals surface area (Å²) in [6.45, 7) is 1.09. The van der Waals surface area contributed by atoms with Gasteiger partial charge in [-0.15, -0.1) is 0 Å². The predicted octanol–water partition coefficient (Wildman–Crippen LogP) is 4.62. The zero-order valence-corrected chi connectivity index (χ0v) is 11.5. The van der Waals surface area contributed by atoms with Crippen LogP contribution in [0.1, 0.15) is 18.4 Å². The highest BCUT2D eigenvalue weighted by molar-refractivity contribution is 5.48. The number of rotatable bonds is 6. The van der Waals surface area contributed by atoms with Crippen LogP contribution in [0.25, 0.3) is 6.08 Å².